The molecule has 0 unspecified atom stereocenters. The summed E-state index contributed by atoms with van der Waals surface area (Å²) in [4.78, 5) is 20.9. The predicted octanol–water partition coefficient (Wildman–Crippen LogP) is 3.72. The fourth-order valence-corrected chi connectivity index (χ4v) is 3.98. The van der Waals surface area contributed by atoms with Crippen molar-refractivity contribution in [2.75, 3.05) is 0 Å². The first kappa shape index (κ1) is 17.0. The summed E-state index contributed by atoms with van der Waals surface area (Å²) in [5.41, 5.74) is 1.73. The normalized spacial score (nSPS) is 12.5. The predicted molar refractivity (Wildman–Crippen MR) is 103 cm³/mol. The summed E-state index contributed by atoms with van der Waals surface area (Å²) in [5.74, 6) is 1.56. The number of fused-ring (bicyclic) bond motifs is 1. The summed E-state index contributed by atoms with van der Waals surface area (Å²) in [5, 5.41) is 5.34. The third kappa shape index (κ3) is 3.31. The molecule has 7 heteroatoms. The van der Waals surface area contributed by atoms with E-state index < -0.39 is 0 Å². The van der Waals surface area contributed by atoms with Crippen molar-refractivity contribution >= 4 is 33.2 Å². The summed E-state index contributed by atoms with van der Waals surface area (Å²) in [7, 11) is 0. The average Bonchev–Trinajstić information content (AvgIpc) is 3.30. The van der Waals surface area contributed by atoms with Crippen LogP contribution in [0.15, 0.2) is 57.3 Å². The van der Waals surface area contributed by atoms with E-state index in [1.807, 2.05) is 41.8 Å². The second-order valence-electron chi connectivity index (χ2n) is 6.09. The van der Waals surface area contributed by atoms with Crippen LogP contribution in [0, 0.1) is 0 Å². The van der Waals surface area contributed by atoms with E-state index in [0.717, 1.165) is 21.7 Å². The Morgan fingerprint density at radius 1 is 1.31 bits per heavy atom. The first-order valence-corrected chi connectivity index (χ1v) is 9.50. The van der Waals surface area contributed by atoms with Crippen molar-refractivity contribution in [3.05, 3.63) is 75.0 Å². The van der Waals surface area contributed by atoms with Crippen molar-refractivity contribution in [1.29, 1.82) is 0 Å². The highest BCUT2D eigenvalue weighted by Gasteiger charge is 2.15. The topological polar surface area (TPSA) is 75.5 Å². The molecule has 4 rings (SSSR count). The van der Waals surface area contributed by atoms with E-state index in [1.165, 1.54) is 11.3 Å². The van der Waals surface area contributed by atoms with Crippen LogP contribution in [0.5, 0.6) is 0 Å². The molecule has 132 valence electrons. The third-order valence-corrected chi connectivity index (χ3v) is 5.43. The zero-order chi connectivity index (χ0) is 18.1. The smallest absolute Gasteiger partial charge is 0.260 e. The minimum absolute atomic E-state index is 0.116. The van der Waals surface area contributed by atoms with Gasteiger partial charge in [-0.15, -0.1) is 11.3 Å². The van der Waals surface area contributed by atoms with E-state index in [9.17, 15) is 4.79 Å². The van der Waals surface area contributed by atoms with Gasteiger partial charge >= 0.3 is 0 Å². The fraction of sp³-hybridized carbons (Fsp3) is 0.158. The van der Waals surface area contributed by atoms with Crippen molar-refractivity contribution in [3.8, 4) is 11.1 Å². The first-order valence-electron chi connectivity index (χ1n) is 8.25. The Bertz CT molecular complexity index is 1080. The van der Waals surface area contributed by atoms with Gasteiger partial charge in [0, 0.05) is 16.0 Å². The summed E-state index contributed by atoms with van der Waals surface area (Å²) < 4.78 is 5.41. The summed E-state index contributed by atoms with van der Waals surface area (Å²) in [6, 6.07) is 11.4. The fourth-order valence-electron chi connectivity index (χ4n) is 2.89. The van der Waals surface area contributed by atoms with Gasteiger partial charge in [0.15, 0.2) is 11.6 Å². The number of hydrogen-bond acceptors (Lipinski definition) is 4. The van der Waals surface area contributed by atoms with Crippen LogP contribution in [0.3, 0.4) is 0 Å². The minimum atomic E-state index is -0.116. The van der Waals surface area contributed by atoms with Crippen molar-refractivity contribution in [2.24, 2.45) is 0 Å². The Balaban J connectivity index is 1.61. The van der Waals surface area contributed by atoms with Gasteiger partial charge in [0.1, 0.15) is 17.4 Å². The van der Waals surface area contributed by atoms with Crippen LogP contribution < -0.4 is 10.9 Å². The number of quaternary nitrogens is 1. The molecule has 0 aliphatic carbocycles. The maximum Gasteiger partial charge on any atom is 0.260 e. The number of thiophene rings is 1. The van der Waals surface area contributed by atoms with E-state index in [0.29, 0.717) is 22.8 Å². The molecule has 3 aromatic heterocycles. The van der Waals surface area contributed by atoms with Gasteiger partial charge in [0.2, 0.25) is 0 Å². The molecule has 3 N–H and O–H groups in total. The first-order chi connectivity index (χ1) is 12.6. The summed E-state index contributed by atoms with van der Waals surface area (Å²) in [6.45, 7) is 2.63. The van der Waals surface area contributed by atoms with Gasteiger partial charge in [-0.05, 0) is 36.8 Å². The van der Waals surface area contributed by atoms with Crippen molar-refractivity contribution < 1.29 is 9.73 Å². The number of nitrogens with zero attached hydrogens (tertiary/aromatic N) is 1. The van der Waals surface area contributed by atoms with Crippen molar-refractivity contribution in [1.82, 2.24) is 9.97 Å². The van der Waals surface area contributed by atoms with E-state index >= 15 is 0 Å². The average molecular weight is 387 g/mol. The number of halogens is 1. The number of nitrogens with one attached hydrogen (secondary N) is 1. The molecule has 3 heterocycles. The SMILES string of the molecule is C[C@@H]([NH2+]Cc1nc2scc(-c3ccc(Cl)cc3)c2c(=O)[nH]1)c1ccco1. The number of nitrogens with two attached hydrogens (primary N) is 1. The van der Waals surface area contributed by atoms with Crippen LogP contribution in [-0.4, -0.2) is 9.97 Å². The lowest BCUT2D eigenvalue weighted by atomic mass is 10.1. The van der Waals surface area contributed by atoms with Crippen LogP contribution in [0.2, 0.25) is 5.02 Å². The molecule has 0 saturated carbocycles. The lowest BCUT2D eigenvalue weighted by molar-refractivity contribution is -0.710. The minimum Gasteiger partial charge on any atom is -0.463 e. The molecule has 0 bridgehead atoms. The van der Waals surface area contributed by atoms with E-state index in [4.69, 9.17) is 16.0 Å². The van der Waals surface area contributed by atoms with Crippen LogP contribution >= 0.6 is 22.9 Å². The van der Waals surface area contributed by atoms with Crippen LogP contribution in [0.25, 0.3) is 21.3 Å². The Morgan fingerprint density at radius 3 is 2.85 bits per heavy atom. The third-order valence-electron chi connectivity index (χ3n) is 4.30. The van der Waals surface area contributed by atoms with E-state index in [2.05, 4.69) is 22.2 Å². The van der Waals surface area contributed by atoms with Gasteiger partial charge in [-0.1, -0.05) is 23.7 Å². The Labute approximate surface area is 158 Å². The van der Waals surface area contributed by atoms with Gasteiger partial charge in [0.25, 0.3) is 5.56 Å². The molecular formula is C19H17ClN3O2S+. The largest absolute Gasteiger partial charge is 0.463 e. The number of hydrogen-bond donors (Lipinski definition) is 2. The zero-order valence-electron chi connectivity index (χ0n) is 14.0. The summed E-state index contributed by atoms with van der Waals surface area (Å²) >= 11 is 7.43. The molecule has 0 fully saturated rings. The maximum absolute atomic E-state index is 12.6. The monoisotopic (exact) mass is 386 g/mol. The summed E-state index contributed by atoms with van der Waals surface area (Å²) in [6.07, 6.45) is 1.66. The molecular weight excluding hydrogens is 370 g/mol. The number of benzene rings is 1. The highest BCUT2D eigenvalue weighted by atomic mass is 35.5. The number of aromatic nitrogens is 2. The zero-order valence-corrected chi connectivity index (χ0v) is 15.6. The number of rotatable bonds is 5. The van der Waals surface area contributed by atoms with Crippen LogP contribution in [0.1, 0.15) is 24.6 Å². The number of H-pyrrole nitrogens is 1. The Kier molecular flexibility index (Phi) is 4.63. The molecule has 0 aliphatic heterocycles. The van der Waals surface area contributed by atoms with Gasteiger partial charge in [-0.3, -0.25) is 4.79 Å². The number of furan rings is 1. The van der Waals surface area contributed by atoms with E-state index in [-0.39, 0.29) is 11.6 Å². The molecule has 0 spiro atoms. The van der Waals surface area contributed by atoms with Crippen molar-refractivity contribution in [3.63, 3.8) is 0 Å². The Hall–Kier alpha value is -2.41. The second-order valence-corrected chi connectivity index (χ2v) is 7.39. The van der Waals surface area contributed by atoms with Crippen molar-refractivity contribution in [2.45, 2.75) is 19.5 Å². The molecule has 0 amide bonds. The maximum atomic E-state index is 12.6. The molecule has 0 saturated heterocycles. The standard InChI is InChI=1S/C19H16ClN3O2S/c1-11(15-3-2-8-25-15)21-9-16-22-18(24)17-14(10-26-19(17)23-16)12-4-6-13(20)7-5-12/h2-8,10-11,21H,9H2,1H3,(H,22,23,24)/p+1/t11-/m1/s1. The number of aromatic amines is 1. The quantitative estimate of drug-likeness (QED) is 0.548. The highest BCUT2D eigenvalue weighted by Crippen LogP contribution is 2.31. The van der Waals surface area contributed by atoms with Gasteiger partial charge in [-0.2, -0.15) is 0 Å². The lowest BCUT2D eigenvalue weighted by Crippen LogP contribution is -2.83. The molecule has 5 nitrogen and oxygen atoms in total. The van der Waals surface area contributed by atoms with E-state index in [1.54, 1.807) is 6.26 Å². The van der Waals surface area contributed by atoms with Gasteiger partial charge < -0.3 is 14.7 Å². The lowest BCUT2D eigenvalue weighted by Gasteiger charge is -2.07. The van der Waals surface area contributed by atoms with Crippen LogP contribution in [0.4, 0.5) is 0 Å². The molecule has 0 radical (unpaired) electrons. The molecule has 1 atom stereocenters. The molecule has 1 aromatic carbocycles. The van der Waals surface area contributed by atoms with Crippen LogP contribution in [-0.2, 0) is 6.54 Å². The molecule has 0 aliphatic rings. The van der Waals surface area contributed by atoms with Gasteiger partial charge in [0.05, 0.1) is 11.6 Å². The Morgan fingerprint density at radius 2 is 2.12 bits per heavy atom. The highest BCUT2D eigenvalue weighted by molar-refractivity contribution is 7.17. The molecule has 26 heavy (non-hydrogen) atoms. The molecule has 4 aromatic rings. The van der Waals surface area contributed by atoms with Gasteiger partial charge in [-0.25, -0.2) is 4.98 Å². The second kappa shape index (κ2) is 7.07.